The standard InChI is InChI=1S/C31H44NO2/c1-4-5-6-7-8-9-10-11-15-20-29-28-25-31(34-3)30(33-2)24-27(28)21-23-32(29)22-16-19-26-17-13-12-14-18-26/h12-14,16-19,24-25H,4-11,15,20-23H2,1-3H3/q+1. The van der Waals surface area contributed by atoms with Gasteiger partial charge in [-0.05, 0) is 35.8 Å². The van der Waals surface area contributed by atoms with Crippen LogP contribution in [0.1, 0.15) is 87.8 Å². The van der Waals surface area contributed by atoms with Crippen LogP contribution in [0.3, 0.4) is 0 Å². The van der Waals surface area contributed by atoms with Crippen LogP contribution < -0.4 is 9.47 Å². The van der Waals surface area contributed by atoms with Crippen molar-refractivity contribution in [2.45, 2.75) is 77.6 Å². The van der Waals surface area contributed by atoms with E-state index in [0.717, 1.165) is 37.4 Å². The lowest BCUT2D eigenvalue weighted by Crippen LogP contribution is -2.30. The predicted molar refractivity (Wildman–Crippen MR) is 145 cm³/mol. The molecule has 1 aliphatic rings. The largest absolute Gasteiger partial charge is 0.493 e. The van der Waals surface area contributed by atoms with Crippen molar-refractivity contribution in [3.63, 3.8) is 0 Å². The van der Waals surface area contributed by atoms with Crippen LogP contribution in [0.2, 0.25) is 0 Å². The van der Waals surface area contributed by atoms with Crippen molar-refractivity contribution in [3.8, 4) is 11.5 Å². The highest BCUT2D eigenvalue weighted by Gasteiger charge is 2.26. The average molecular weight is 463 g/mol. The molecular formula is C31H44NO2+. The smallest absolute Gasteiger partial charge is 0.183 e. The second-order valence-corrected chi connectivity index (χ2v) is 9.40. The number of hydrogen-bond donors (Lipinski definition) is 0. The van der Waals surface area contributed by atoms with E-state index in [4.69, 9.17) is 9.47 Å². The first kappa shape index (κ1) is 26.1. The van der Waals surface area contributed by atoms with E-state index in [0.29, 0.717) is 0 Å². The summed E-state index contributed by atoms with van der Waals surface area (Å²) in [6.07, 6.45) is 18.9. The first-order valence-electron chi connectivity index (χ1n) is 13.3. The Balaban J connectivity index is 1.68. The fourth-order valence-electron chi connectivity index (χ4n) is 4.93. The third-order valence-electron chi connectivity index (χ3n) is 6.91. The minimum atomic E-state index is 0.826. The van der Waals surface area contributed by atoms with E-state index < -0.39 is 0 Å². The maximum absolute atomic E-state index is 5.65. The van der Waals surface area contributed by atoms with E-state index in [9.17, 15) is 0 Å². The fraction of sp³-hybridized carbons (Fsp3) is 0.516. The molecule has 0 N–H and O–H groups in total. The van der Waals surface area contributed by atoms with Gasteiger partial charge in [-0.25, -0.2) is 4.58 Å². The molecule has 0 spiro atoms. The molecule has 0 bridgehead atoms. The molecule has 0 unspecified atom stereocenters. The van der Waals surface area contributed by atoms with Gasteiger partial charge < -0.3 is 9.47 Å². The number of ether oxygens (including phenoxy) is 2. The molecule has 1 heterocycles. The van der Waals surface area contributed by atoms with Gasteiger partial charge in [0.1, 0.15) is 6.54 Å². The third-order valence-corrected chi connectivity index (χ3v) is 6.91. The monoisotopic (exact) mass is 462 g/mol. The Morgan fingerprint density at radius 1 is 0.824 bits per heavy atom. The van der Waals surface area contributed by atoms with Crippen molar-refractivity contribution >= 4 is 11.8 Å². The van der Waals surface area contributed by atoms with Crippen molar-refractivity contribution in [1.29, 1.82) is 0 Å². The summed E-state index contributed by atoms with van der Waals surface area (Å²) in [6.45, 7) is 4.28. The summed E-state index contributed by atoms with van der Waals surface area (Å²) in [6, 6.07) is 15.0. The minimum Gasteiger partial charge on any atom is -0.493 e. The quantitative estimate of drug-likeness (QED) is 0.200. The maximum atomic E-state index is 5.65. The van der Waals surface area contributed by atoms with E-state index in [1.165, 1.54) is 80.2 Å². The summed E-state index contributed by atoms with van der Waals surface area (Å²) in [7, 11) is 3.45. The summed E-state index contributed by atoms with van der Waals surface area (Å²) in [5.41, 5.74) is 5.44. The number of benzene rings is 2. The molecule has 2 aromatic rings. The predicted octanol–water partition coefficient (Wildman–Crippen LogP) is 7.70. The van der Waals surface area contributed by atoms with Gasteiger partial charge in [-0.15, -0.1) is 0 Å². The van der Waals surface area contributed by atoms with Crippen molar-refractivity contribution in [2.24, 2.45) is 0 Å². The van der Waals surface area contributed by atoms with Crippen LogP contribution in [0.25, 0.3) is 6.08 Å². The zero-order valence-electron chi connectivity index (χ0n) is 21.7. The van der Waals surface area contributed by atoms with Crippen LogP contribution in [0.5, 0.6) is 11.5 Å². The molecule has 0 saturated carbocycles. The molecule has 0 aromatic heterocycles. The summed E-state index contributed by atoms with van der Waals surface area (Å²) >= 11 is 0. The molecule has 0 fully saturated rings. The number of unbranched alkanes of at least 4 members (excludes halogenated alkanes) is 8. The Kier molecular flexibility index (Phi) is 11.2. The van der Waals surface area contributed by atoms with Gasteiger partial charge in [-0.2, -0.15) is 0 Å². The van der Waals surface area contributed by atoms with Crippen molar-refractivity contribution in [1.82, 2.24) is 0 Å². The van der Waals surface area contributed by atoms with Crippen LogP contribution >= 0.6 is 0 Å². The van der Waals surface area contributed by atoms with Crippen molar-refractivity contribution < 1.29 is 14.0 Å². The van der Waals surface area contributed by atoms with Gasteiger partial charge in [0.25, 0.3) is 0 Å². The highest BCUT2D eigenvalue weighted by atomic mass is 16.5. The zero-order chi connectivity index (χ0) is 24.0. The molecule has 1 aliphatic heterocycles. The number of methoxy groups -OCH3 is 2. The molecule has 3 heteroatoms. The molecular weight excluding hydrogens is 418 g/mol. The Morgan fingerprint density at radius 3 is 2.15 bits per heavy atom. The topological polar surface area (TPSA) is 21.5 Å². The van der Waals surface area contributed by atoms with E-state index in [-0.39, 0.29) is 0 Å². The second kappa shape index (κ2) is 14.7. The SMILES string of the molecule is CCCCCCCCCCCC1=[N+](CC=Cc2ccccc2)CCc2cc(OC)c(OC)cc21. The van der Waals surface area contributed by atoms with Crippen molar-refractivity contribution in [2.75, 3.05) is 27.3 Å². The molecule has 2 aromatic carbocycles. The van der Waals surface area contributed by atoms with Gasteiger partial charge >= 0.3 is 0 Å². The lowest BCUT2D eigenvalue weighted by atomic mass is 9.92. The Bertz CT molecular complexity index is 930. The number of hydrogen-bond acceptors (Lipinski definition) is 2. The first-order chi connectivity index (χ1) is 16.8. The van der Waals surface area contributed by atoms with Crippen molar-refractivity contribution in [3.05, 3.63) is 65.2 Å². The third kappa shape index (κ3) is 7.75. The maximum Gasteiger partial charge on any atom is 0.183 e. The van der Waals surface area contributed by atoms with Gasteiger partial charge in [0.2, 0.25) is 0 Å². The molecule has 0 radical (unpaired) electrons. The highest BCUT2D eigenvalue weighted by Crippen LogP contribution is 2.33. The molecule has 34 heavy (non-hydrogen) atoms. The molecule has 0 atom stereocenters. The van der Waals surface area contributed by atoms with E-state index in [1.54, 1.807) is 14.2 Å². The molecule has 0 aliphatic carbocycles. The van der Waals surface area contributed by atoms with Crippen LogP contribution in [-0.2, 0) is 6.42 Å². The highest BCUT2D eigenvalue weighted by molar-refractivity contribution is 5.99. The Morgan fingerprint density at radius 2 is 1.47 bits per heavy atom. The molecule has 0 saturated heterocycles. The summed E-state index contributed by atoms with van der Waals surface area (Å²) in [5, 5.41) is 0. The normalized spacial score (nSPS) is 13.4. The van der Waals surface area contributed by atoms with Crippen LogP contribution in [-0.4, -0.2) is 37.6 Å². The van der Waals surface area contributed by atoms with Crippen LogP contribution in [0.15, 0.2) is 48.5 Å². The van der Waals surface area contributed by atoms with Gasteiger partial charge in [0, 0.05) is 18.4 Å². The molecule has 184 valence electrons. The van der Waals surface area contributed by atoms with Gasteiger partial charge in [0.05, 0.1) is 14.2 Å². The Hall–Kier alpha value is -2.55. The van der Waals surface area contributed by atoms with Gasteiger partial charge in [-0.1, -0.05) is 94.7 Å². The Labute approximate surface area is 207 Å². The zero-order valence-corrected chi connectivity index (χ0v) is 21.7. The fourth-order valence-corrected chi connectivity index (χ4v) is 4.93. The first-order valence-corrected chi connectivity index (χ1v) is 13.3. The van der Waals surface area contributed by atoms with E-state index in [1.807, 2.05) is 0 Å². The lowest BCUT2D eigenvalue weighted by molar-refractivity contribution is -0.519. The van der Waals surface area contributed by atoms with Gasteiger partial charge in [0.15, 0.2) is 23.8 Å². The van der Waals surface area contributed by atoms with Gasteiger partial charge in [-0.3, -0.25) is 0 Å². The second-order valence-electron chi connectivity index (χ2n) is 9.40. The number of rotatable bonds is 15. The number of fused-ring (bicyclic) bond motifs is 1. The van der Waals surface area contributed by atoms with E-state index >= 15 is 0 Å². The molecule has 0 amide bonds. The molecule has 3 nitrogen and oxygen atoms in total. The summed E-state index contributed by atoms with van der Waals surface area (Å²) < 4.78 is 13.8. The summed E-state index contributed by atoms with van der Waals surface area (Å²) in [5.74, 6) is 1.66. The van der Waals surface area contributed by atoms with E-state index in [2.05, 4.69) is 66.1 Å². The molecule has 3 rings (SSSR count). The number of nitrogens with zero attached hydrogens (tertiary/aromatic N) is 1. The van der Waals surface area contributed by atoms with Crippen LogP contribution in [0.4, 0.5) is 0 Å². The lowest BCUT2D eigenvalue weighted by Gasteiger charge is -2.20. The van der Waals surface area contributed by atoms with Crippen LogP contribution in [0, 0.1) is 0 Å². The summed E-state index contributed by atoms with van der Waals surface area (Å²) in [4.78, 5) is 0. The minimum absolute atomic E-state index is 0.826. The average Bonchev–Trinajstić information content (AvgIpc) is 2.88.